The predicted octanol–water partition coefficient (Wildman–Crippen LogP) is 4.74. The smallest absolute Gasteiger partial charge is 0.112 e. The van der Waals surface area contributed by atoms with E-state index < -0.39 is 5.60 Å². The summed E-state index contributed by atoms with van der Waals surface area (Å²) in [7, 11) is 0. The average molecular weight is 288 g/mol. The van der Waals surface area contributed by atoms with Crippen LogP contribution in [0.15, 0.2) is 65.8 Å². The lowest BCUT2D eigenvalue weighted by molar-refractivity contribution is 0.0867. The summed E-state index contributed by atoms with van der Waals surface area (Å²) in [5.41, 5.74) is 7.79. The predicted molar refractivity (Wildman–Crippen MR) is 90.7 cm³/mol. The van der Waals surface area contributed by atoms with E-state index in [-0.39, 0.29) is 0 Å². The summed E-state index contributed by atoms with van der Waals surface area (Å²) in [5, 5.41) is 11.3. The molecule has 1 N–H and O–H groups in total. The Morgan fingerprint density at radius 1 is 0.955 bits per heavy atom. The topological polar surface area (TPSA) is 20.2 Å². The maximum Gasteiger partial charge on any atom is 0.112 e. The van der Waals surface area contributed by atoms with E-state index in [0.717, 1.165) is 17.6 Å². The van der Waals surface area contributed by atoms with Crippen LogP contribution in [0.3, 0.4) is 0 Å². The Hall–Kier alpha value is -2.12. The maximum absolute atomic E-state index is 11.3. The first-order valence-electron chi connectivity index (χ1n) is 7.86. The molecule has 0 heterocycles. The van der Waals surface area contributed by atoms with Crippen molar-refractivity contribution in [2.75, 3.05) is 0 Å². The molecule has 2 aliphatic carbocycles. The van der Waals surface area contributed by atoms with E-state index >= 15 is 0 Å². The van der Waals surface area contributed by atoms with E-state index in [9.17, 15) is 5.11 Å². The second-order valence-electron chi connectivity index (χ2n) is 6.65. The van der Waals surface area contributed by atoms with Gasteiger partial charge in [0.15, 0.2) is 0 Å². The second kappa shape index (κ2) is 4.69. The van der Waals surface area contributed by atoms with Crippen molar-refractivity contribution >= 4 is 0 Å². The van der Waals surface area contributed by atoms with Crippen LogP contribution in [-0.2, 0) is 12.0 Å². The highest BCUT2D eigenvalue weighted by molar-refractivity contribution is 5.78. The van der Waals surface area contributed by atoms with Gasteiger partial charge in [0, 0.05) is 6.42 Å². The molecule has 0 aliphatic heterocycles. The number of hydrogen-bond donors (Lipinski definition) is 1. The molecule has 22 heavy (non-hydrogen) atoms. The molecule has 1 atom stereocenters. The summed E-state index contributed by atoms with van der Waals surface area (Å²) in [4.78, 5) is 0. The van der Waals surface area contributed by atoms with Crippen molar-refractivity contribution in [2.45, 2.75) is 32.3 Å². The Labute approximate surface area is 131 Å². The van der Waals surface area contributed by atoms with Crippen LogP contribution in [0.5, 0.6) is 0 Å². The summed E-state index contributed by atoms with van der Waals surface area (Å²) < 4.78 is 0. The molecule has 2 aromatic carbocycles. The largest absolute Gasteiger partial charge is 0.381 e. The molecule has 0 bridgehead atoms. The van der Waals surface area contributed by atoms with Gasteiger partial charge in [-0.25, -0.2) is 0 Å². The van der Waals surface area contributed by atoms with Crippen LogP contribution < -0.4 is 0 Å². The molecule has 0 fully saturated rings. The van der Waals surface area contributed by atoms with Gasteiger partial charge in [-0.1, -0.05) is 59.7 Å². The quantitative estimate of drug-likeness (QED) is 0.685. The molecule has 1 unspecified atom stereocenters. The Morgan fingerprint density at radius 3 is 2.55 bits per heavy atom. The van der Waals surface area contributed by atoms with Gasteiger partial charge in [0.05, 0.1) is 0 Å². The van der Waals surface area contributed by atoms with Crippen LogP contribution in [-0.4, -0.2) is 5.11 Å². The van der Waals surface area contributed by atoms with E-state index in [2.05, 4.69) is 62.4 Å². The SMILES string of the molecule is CC1=CC(O)(c2cccc3c2Cc2ccccc2-3)CC(C)=C1. The van der Waals surface area contributed by atoms with Gasteiger partial charge < -0.3 is 5.11 Å². The highest BCUT2D eigenvalue weighted by Gasteiger charge is 2.34. The minimum atomic E-state index is -0.879. The van der Waals surface area contributed by atoms with Crippen LogP contribution in [0.1, 0.15) is 37.0 Å². The Balaban J connectivity index is 1.88. The van der Waals surface area contributed by atoms with Crippen molar-refractivity contribution < 1.29 is 5.11 Å². The molecule has 2 aromatic rings. The fourth-order valence-electron chi connectivity index (χ4n) is 4.07. The number of rotatable bonds is 1. The summed E-state index contributed by atoms with van der Waals surface area (Å²) >= 11 is 0. The van der Waals surface area contributed by atoms with Gasteiger partial charge in [-0.15, -0.1) is 0 Å². The first-order chi connectivity index (χ1) is 10.6. The molecule has 0 spiro atoms. The van der Waals surface area contributed by atoms with Gasteiger partial charge in [-0.2, -0.15) is 0 Å². The van der Waals surface area contributed by atoms with E-state index in [1.165, 1.54) is 27.8 Å². The molecule has 0 amide bonds. The van der Waals surface area contributed by atoms with Gasteiger partial charge >= 0.3 is 0 Å². The van der Waals surface area contributed by atoms with E-state index in [1.54, 1.807) is 0 Å². The molecule has 2 aliphatic rings. The highest BCUT2D eigenvalue weighted by Crippen LogP contribution is 2.44. The molecule has 0 saturated carbocycles. The molecule has 1 heteroatoms. The van der Waals surface area contributed by atoms with E-state index in [4.69, 9.17) is 0 Å². The normalized spacial score (nSPS) is 22.7. The van der Waals surface area contributed by atoms with Gasteiger partial charge in [-0.05, 0) is 54.2 Å². The molecule has 4 rings (SSSR count). The number of fused-ring (bicyclic) bond motifs is 3. The van der Waals surface area contributed by atoms with Crippen molar-refractivity contribution in [3.05, 3.63) is 82.5 Å². The maximum atomic E-state index is 11.3. The van der Waals surface area contributed by atoms with Crippen molar-refractivity contribution in [1.29, 1.82) is 0 Å². The Bertz CT molecular complexity index is 826. The highest BCUT2D eigenvalue weighted by atomic mass is 16.3. The molecule has 1 nitrogen and oxygen atoms in total. The third-order valence-corrected chi connectivity index (χ3v) is 4.81. The van der Waals surface area contributed by atoms with Gasteiger partial charge in [0.2, 0.25) is 0 Å². The molecule has 0 radical (unpaired) electrons. The third-order valence-electron chi connectivity index (χ3n) is 4.81. The summed E-state index contributed by atoms with van der Waals surface area (Å²) in [5.74, 6) is 0. The monoisotopic (exact) mass is 288 g/mol. The minimum Gasteiger partial charge on any atom is -0.381 e. The van der Waals surface area contributed by atoms with Crippen molar-refractivity contribution in [1.82, 2.24) is 0 Å². The van der Waals surface area contributed by atoms with Crippen LogP contribution in [0.4, 0.5) is 0 Å². The third kappa shape index (κ3) is 1.97. The first kappa shape index (κ1) is 13.5. The molecule has 0 aromatic heterocycles. The van der Waals surface area contributed by atoms with Gasteiger partial charge in [0.1, 0.15) is 5.60 Å². The van der Waals surface area contributed by atoms with Crippen LogP contribution >= 0.6 is 0 Å². The molecular formula is C21H20O. The number of allylic oxidation sites excluding steroid dienone is 2. The van der Waals surface area contributed by atoms with E-state index in [0.29, 0.717) is 6.42 Å². The zero-order valence-electron chi connectivity index (χ0n) is 13.1. The standard InChI is InChI=1S/C21H20O/c1-14-10-15(2)13-21(22,12-14)20-9-5-8-18-17-7-4-3-6-16(17)11-19(18)20/h3-10,12,22H,11,13H2,1-2H3. The van der Waals surface area contributed by atoms with Crippen molar-refractivity contribution in [2.24, 2.45) is 0 Å². The molecular weight excluding hydrogens is 268 g/mol. The summed E-state index contributed by atoms with van der Waals surface area (Å²) in [6.07, 6.45) is 5.77. The number of hydrogen-bond acceptors (Lipinski definition) is 1. The Kier molecular flexibility index (Phi) is 2.88. The fourth-order valence-corrected chi connectivity index (χ4v) is 4.07. The summed E-state index contributed by atoms with van der Waals surface area (Å²) in [6, 6.07) is 14.9. The zero-order valence-corrected chi connectivity index (χ0v) is 13.1. The average Bonchev–Trinajstić information content (AvgIpc) is 2.84. The van der Waals surface area contributed by atoms with Gasteiger partial charge in [-0.3, -0.25) is 0 Å². The fraction of sp³-hybridized carbons (Fsp3) is 0.238. The van der Waals surface area contributed by atoms with Gasteiger partial charge in [0.25, 0.3) is 0 Å². The lowest BCUT2D eigenvalue weighted by atomic mass is 9.79. The van der Waals surface area contributed by atoms with E-state index in [1.807, 2.05) is 6.08 Å². The number of aliphatic hydroxyl groups is 1. The second-order valence-corrected chi connectivity index (χ2v) is 6.65. The molecule has 110 valence electrons. The lowest BCUT2D eigenvalue weighted by Crippen LogP contribution is -2.27. The van der Waals surface area contributed by atoms with Crippen LogP contribution in [0.25, 0.3) is 11.1 Å². The minimum absolute atomic E-state index is 0.678. The molecule has 0 saturated heterocycles. The van der Waals surface area contributed by atoms with Crippen molar-refractivity contribution in [3.8, 4) is 11.1 Å². The van der Waals surface area contributed by atoms with Crippen molar-refractivity contribution in [3.63, 3.8) is 0 Å². The summed E-state index contributed by atoms with van der Waals surface area (Å²) in [6.45, 7) is 4.16. The van der Waals surface area contributed by atoms with Crippen LogP contribution in [0, 0.1) is 0 Å². The first-order valence-corrected chi connectivity index (χ1v) is 7.86. The zero-order chi connectivity index (χ0) is 15.3. The lowest BCUT2D eigenvalue weighted by Gasteiger charge is -2.31. The Morgan fingerprint density at radius 2 is 1.73 bits per heavy atom. The van der Waals surface area contributed by atoms with Crippen LogP contribution in [0.2, 0.25) is 0 Å². The number of benzene rings is 2.